The van der Waals surface area contributed by atoms with Crippen molar-refractivity contribution in [1.82, 2.24) is 25.1 Å². The molecule has 0 radical (unpaired) electrons. The first-order chi connectivity index (χ1) is 15.7. The summed E-state index contributed by atoms with van der Waals surface area (Å²) in [7, 11) is 0. The summed E-state index contributed by atoms with van der Waals surface area (Å²) < 4.78 is 7.89. The molecule has 2 aromatic carbocycles. The normalized spacial score (nSPS) is 18.4. The van der Waals surface area contributed by atoms with Gasteiger partial charge in [-0.05, 0) is 62.1 Å². The van der Waals surface area contributed by atoms with Crippen LogP contribution in [0.2, 0.25) is 0 Å². The fourth-order valence-electron chi connectivity index (χ4n) is 4.34. The van der Waals surface area contributed by atoms with Crippen molar-refractivity contribution < 1.29 is 9.53 Å². The molecule has 8 heteroatoms. The number of amides is 1. The van der Waals surface area contributed by atoms with Crippen molar-refractivity contribution in [3.8, 4) is 22.8 Å². The number of aromatic nitrogens is 4. The number of hydrogen-bond acceptors (Lipinski definition) is 6. The molecule has 1 amide bonds. The van der Waals surface area contributed by atoms with Crippen LogP contribution >= 0.6 is 0 Å². The Hall–Kier alpha value is -3.94. The third-order valence-corrected chi connectivity index (χ3v) is 5.97. The third kappa shape index (κ3) is 3.87. The lowest BCUT2D eigenvalue weighted by atomic mass is 9.91. The number of carbonyl (C=O) groups excluding carboxylic acids is 1. The predicted molar refractivity (Wildman–Crippen MR) is 122 cm³/mol. The number of hydrogen-bond donors (Lipinski definition) is 2. The molecule has 1 fully saturated rings. The number of carbonyl (C=O) groups is 1. The van der Waals surface area contributed by atoms with Gasteiger partial charge in [0, 0.05) is 11.6 Å². The summed E-state index contributed by atoms with van der Waals surface area (Å²) in [4.78, 5) is 19.5. The Balaban J connectivity index is 1.46. The van der Waals surface area contributed by atoms with Crippen molar-refractivity contribution in [2.24, 2.45) is 0 Å². The fraction of sp³-hybridized carbons (Fsp3) is 0.250. The zero-order valence-electron chi connectivity index (χ0n) is 17.5. The number of ether oxygens (including phenoxy) is 1. The van der Waals surface area contributed by atoms with Crippen molar-refractivity contribution in [2.45, 2.75) is 37.8 Å². The van der Waals surface area contributed by atoms with Crippen LogP contribution in [0.4, 0.5) is 5.82 Å². The van der Waals surface area contributed by atoms with Crippen LogP contribution in [0.5, 0.6) is 11.5 Å². The van der Waals surface area contributed by atoms with Crippen LogP contribution < -0.4 is 15.8 Å². The Morgan fingerprint density at radius 1 is 0.969 bits per heavy atom. The average Bonchev–Trinajstić information content (AvgIpc) is 3.22. The Kier molecular flexibility index (Phi) is 5.41. The molecule has 0 bridgehead atoms. The van der Waals surface area contributed by atoms with E-state index >= 15 is 0 Å². The van der Waals surface area contributed by atoms with Crippen molar-refractivity contribution in [1.29, 1.82) is 0 Å². The Labute approximate surface area is 185 Å². The maximum atomic E-state index is 10.8. The first kappa shape index (κ1) is 20.0. The van der Waals surface area contributed by atoms with E-state index in [0.717, 1.165) is 65.9 Å². The second-order valence-corrected chi connectivity index (χ2v) is 7.98. The molecule has 1 aliphatic rings. The lowest BCUT2D eigenvalue weighted by molar-refractivity contribution is -0.110. The van der Waals surface area contributed by atoms with Gasteiger partial charge in [-0.15, -0.1) is 0 Å². The van der Waals surface area contributed by atoms with Crippen LogP contribution in [0.1, 0.15) is 31.7 Å². The molecule has 4 aromatic rings. The molecule has 1 aliphatic carbocycles. The number of rotatable bonds is 6. The molecule has 2 aromatic heterocycles. The van der Waals surface area contributed by atoms with Gasteiger partial charge in [-0.3, -0.25) is 4.79 Å². The Morgan fingerprint density at radius 3 is 2.41 bits per heavy atom. The average molecular weight is 428 g/mol. The molecule has 3 N–H and O–H groups in total. The first-order valence-corrected chi connectivity index (χ1v) is 10.7. The Bertz CT molecular complexity index is 1210. The quantitative estimate of drug-likeness (QED) is 0.448. The number of nitrogens with two attached hydrogens (primary N) is 1. The number of fused-ring (bicyclic) bond motifs is 1. The van der Waals surface area contributed by atoms with Crippen LogP contribution in [0, 0.1) is 0 Å². The highest BCUT2D eigenvalue weighted by Crippen LogP contribution is 2.36. The summed E-state index contributed by atoms with van der Waals surface area (Å²) >= 11 is 0. The van der Waals surface area contributed by atoms with Gasteiger partial charge in [0.1, 0.15) is 29.3 Å². The van der Waals surface area contributed by atoms with Gasteiger partial charge in [-0.2, -0.15) is 5.10 Å². The van der Waals surface area contributed by atoms with Gasteiger partial charge in [0.15, 0.2) is 5.65 Å². The molecule has 1 saturated carbocycles. The minimum absolute atomic E-state index is 0.200. The lowest BCUT2D eigenvalue weighted by Gasteiger charge is -2.28. The van der Waals surface area contributed by atoms with E-state index in [1.165, 1.54) is 6.33 Å². The van der Waals surface area contributed by atoms with Crippen LogP contribution in [0.15, 0.2) is 60.9 Å². The third-order valence-electron chi connectivity index (χ3n) is 5.97. The zero-order chi connectivity index (χ0) is 21.9. The maximum absolute atomic E-state index is 10.8. The molecule has 0 spiro atoms. The van der Waals surface area contributed by atoms with E-state index < -0.39 is 0 Å². The van der Waals surface area contributed by atoms with Crippen LogP contribution in [0.25, 0.3) is 22.3 Å². The highest BCUT2D eigenvalue weighted by molar-refractivity contribution is 5.98. The van der Waals surface area contributed by atoms with Crippen molar-refractivity contribution in [3.63, 3.8) is 0 Å². The molecule has 0 atom stereocenters. The van der Waals surface area contributed by atoms with Gasteiger partial charge in [-0.25, -0.2) is 14.6 Å². The van der Waals surface area contributed by atoms with E-state index in [4.69, 9.17) is 15.6 Å². The van der Waals surface area contributed by atoms with E-state index in [2.05, 4.69) is 15.3 Å². The topological polar surface area (TPSA) is 108 Å². The maximum Gasteiger partial charge on any atom is 0.207 e. The summed E-state index contributed by atoms with van der Waals surface area (Å²) in [5.74, 6) is 1.94. The van der Waals surface area contributed by atoms with Gasteiger partial charge in [0.05, 0.1) is 11.4 Å². The molecule has 2 heterocycles. The van der Waals surface area contributed by atoms with E-state index in [-0.39, 0.29) is 12.1 Å². The molecule has 8 nitrogen and oxygen atoms in total. The number of anilines is 1. The number of para-hydroxylation sites is 1. The van der Waals surface area contributed by atoms with Gasteiger partial charge >= 0.3 is 0 Å². The summed E-state index contributed by atoms with van der Waals surface area (Å²) in [5.41, 5.74) is 8.68. The van der Waals surface area contributed by atoms with Gasteiger partial charge < -0.3 is 15.8 Å². The minimum atomic E-state index is 0.200. The molecule has 162 valence electrons. The van der Waals surface area contributed by atoms with E-state index in [0.29, 0.717) is 5.82 Å². The van der Waals surface area contributed by atoms with Gasteiger partial charge in [0.2, 0.25) is 6.41 Å². The molecule has 0 saturated heterocycles. The number of nitrogens with zero attached hydrogens (tertiary/aromatic N) is 4. The highest BCUT2D eigenvalue weighted by atomic mass is 16.5. The highest BCUT2D eigenvalue weighted by Gasteiger charge is 2.26. The number of benzene rings is 2. The molecule has 0 unspecified atom stereocenters. The van der Waals surface area contributed by atoms with Crippen LogP contribution in [-0.2, 0) is 4.79 Å². The summed E-state index contributed by atoms with van der Waals surface area (Å²) in [5, 5.41) is 8.58. The number of nitrogen functional groups attached to an aromatic ring is 1. The fourth-order valence-corrected chi connectivity index (χ4v) is 4.34. The monoisotopic (exact) mass is 428 g/mol. The van der Waals surface area contributed by atoms with E-state index in [9.17, 15) is 4.79 Å². The first-order valence-electron chi connectivity index (χ1n) is 10.7. The lowest BCUT2D eigenvalue weighted by Crippen LogP contribution is -2.33. The molecule has 5 rings (SSSR count). The molecular weight excluding hydrogens is 404 g/mol. The molecule has 0 aliphatic heterocycles. The summed E-state index contributed by atoms with van der Waals surface area (Å²) in [6.07, 6.45) is 5.91. The predicted octanol–water partition coefficient (Wildman–Crippen LogP) is 4.10. The number of nitrogens with one attached hydrogen (secondary N) is 1. The second kappa shape index (κ2) is 8.66. The van der Waals surface area contributed by atoms with Crippen molar-refractivity contribution in [3.05, 3.63) is 60.9 Å². The minimum Gasteiger partial charge on any atom is -0.457 e. The van der Waals surface area contributed by atoms with Crippen molar-refractivity contribution in [2.75, 3.05) is 5.73 Å². The summed E-state index contributed by atoms with van der Waals surface area (Å²) in [6, 6.07) is 17.9. The zero-order valence-corrected chi connectivity index (χ0v) is 17.5. The summed E-state index contributed by atoms with van der Waals surface area (Å²) in [6.45, 7) is 0. The van der Waals surface area contributed by atoms with E-state index in [1.54, 1.807) is 0 Å². The van der Waals surface area contributed by atoms with Gasteiger partial charge in [-0.1, -0.05) is 18.2 Å². The van der Waals surface area contributed by atoms with Gasteiger partial charge in [0.25, 0.3) is 0 Å². The Morgan fingerprint density at radius 2 is 1.69 bits per heavy atom. The smallest absolute Gasteiger partial charge is 0.207 e. The van der Waals surface area contributed by atoms with Crippen LogP contribution in [-0.4, -0.2) is 32.2 Å². The SMILES string of the molecule is Nc1ncnc2c1c(-c1ccc(Oc3ccccc3)cc1)nn2C1CCC(NC=O)CC1. The van der Waals surface area contributed by atoms with Crippen LogP contribution in [0.3, 0.4) is 0 Å². The van der Waals surface area contributed by atoms with E-state index in [1.807, 2.05) is 59.3 Å². The largest absolute Gasteiger partial charge is 0.457 e. The van der Waals surface area contributed by atoms with Crippen molar-refractivity contribution >= 4 is 23.3 Å². The molecule has 32 heavy (non-hydrogen) atoms. The molecular formula is C24H24N6O2. The standard InChI is InChI=1S/C24H24N6O2/c25-23-21-22(16-6-12-20(13-7-16)32-19-4-2-1-3-5-19)29-30(24(21)27-14-26-23)18-10-8-17(9-11-18)28-15-31/h1-7,12-15,17-18H,8-11H2,(H,28,31)(H2,25,26,27). The second-order valence-electron chi connectivity index (χ2n) is 7.98.